The molecule has 4 rings (SSSR count). The van der Waals surface area contributed by atoms with Gasteiger partial charge in [-0.15, -0.1) is 10.2 Å². The minimum Gasteiger partial charge on any atom is -0.342 e. The molecule has 2 aromatic heterocycles. The Morgan fingerprint density at radius 2 is 1.88 bits per heavy atom. The summed E-state index contributed by atoms with van der Waals surface area (Å²) in [5.41, 5.74) is 2.55. The lowest BCUT2D eigenvalue weighted by Crippen LogP contribution is -2.28. The first-order valence-corrected chi connectivity index (χ1v) is 12.3. The standard InChI is InChI=1S/C23H24N6O2S2/c1-4-29-20(15(3)24-21(31)16-11-9-14(2)10-12-16)27-28-23(29)32-13-19(30)26-22-25-17-7-5-6-8-18(17)33-22/h5-12,15H,4,13H2,1-3H3,(H,24,31)(H,25,26,30)/t15-/m0/s1. The number of hydrogen-bond acceptors (Lipinski definition) is 7. The largest absolute Gasteiger partial charge is 0.342 e. The van der Waals surface area contributed by atoms with E-state index in [1.54, 1.807) is 12.1 Å². The third-order valence-corrected chi connectivity index (χ3v) is 6.90. The van der Waals surface area contributed by atoms with E-state index in [2.05, 4.69) is 25.8 Å². The number of carbonyl (C=O) groups excluding carboxylic acids is 2. The summed E-state index contributed by atoms with van der Waals surface area (Å²) in [5.74, 6) is 0.495. The molecule has 0 unspecified atom stereocenters. The number of thioether (sulfide) groups is 1. The highest BCUT2D eigenvalue weighted by molar-refractivity contribution is 7.99. The summed E-state index contributed by atoms with van der Waals surface area (Å²) in [5, 5.41) is 15.5. The van der Waals surface area contributed by atoms with Crippen molar-refractivity contribution in [2.45, 2.75) is 38.5 Å². The Labute approximate surface area is 199 Å². The molecule has 4 aromatic rings. The van der Waals surface area contributed by atoms with Gasteiger partial charge in [-0.1, -0.05) is 52.9 Å². The number of para-hydroxylation sites is 1. The van der Waals surface area contributed by atoms with Crippen molar-refractivity contribution < 1.29 is 9.59 Å². The van der Waals surface area contributed by atoms with Gasteiger partial charge in [0.15, 0.2) is 16.1 Å². The molecular formula is C23H24N6O2S2. The highest BCUT2D eigenvalue weighted by Gasteiger charge is 2.20. The summed E-state index contributed by atoms with van der Waals surface area (Å²) in [7, 11) is 0. The van der Waals surface area contributed by atoms with Crippen LogP contribution in [0.4, 0.5) is 5.13 Å². The van der Waals surface area contributed by atoms with Crippen molar-refractivity contribution in [1.82, 2.24) is 25.1 Å². The second kappa shape index (κ2) is 10.1. The van der Waals surface area contributed by atoms with Crippen molar-refractivity contribution in [3.63, 3.8) is 0 Å². The van der Waals surface area contributed by atoms with E-state index in [0.717, 1.165) is 15.8 Å². The maximum Gasteiger partial charge on any atom is 0.251 e. The van der Waals surface area contributed by atoms with Crippen LogP contribution in [-0.4, -0.2) is 37.3 Å². The number of fused-ring (bicyclic) bond motifs is 1. The van der Waals surface area contributed by atoms with Crippen molar-refractivity contribution in [2.75, 3.05) is 11.1 Å². The van der Waals surface area contributed by atoms with Crippen LogP contribution in [0, 0.1) is 6.92 Å². The zero-order valence-corrected chi connectivity index (χ0v) is 20.2. The summed E-state index contributed by atoms with van der Waals surface area (Å²) in [6.07, 6.45) is 0. The number of thiazole rings is 1. The van der Waals surface area contributed by atoms with Gasteiger partial charge in [-0.3, -0.25) is 9.59 Å². The van der Waals surface area contributed by atoms with Gasteiger partial charge < -0.3 is 15.2 Å². The number of nitrogens with one attached hydrogen (secondary N) is 2. The lowest BCUT2D eigenvalue weighted by atomic mass is 10.1. The van der Waals surface area contributed by atoms with Crippen LogP contribution in [0.1, 0.15) is 41.6 Å². The van der Waals surface area contributed by atoms with Crippen LogP contribution in [0.15, 0.2) is 53.7 Å². The fraction of sp³-hybridized carbons (Fsp3) is 0.261. The number of hydrogen-bond donors (Lipinski definition) is 2. The van der Waals surface area contributed by atoms with Crippen LogP contribution in [-0.2, 0) is 11.3 Å². The summed E-state index contributed by atoms with van der Waals surface area (Å²) < 4.78 is 2.94. The van der Waals surface area contributed by atoms with Crippen LogP contribution in [0.25, 0.3) is 10.2 Å². The molecule has 1 atom stereocenters. The Balaban J connectivity index is 1.37. The highest BCUT2D eigenvalue weighted by Crippen LogP contribution is 2.26. The topological polar surface area (TPSA) is 102 Å². The first kappa shape index (κ1) is 22.9. The minimum atomic E-state index is -0.336. The predicted molar refractivity (Wildman–Crippen MR) is 132 cm³/mol. The van der Waals surface area contributed by atoms with Gasteiger partial charge >= 0.3 is 0 Å². The highest BCUT2D eigenvalue weighted by atomic mass is 32.2. The van der Waals surface area contributed by atoms with Crippen molar-refractivity contribution >= 4 is 50.3 Å². The number of aromatic nitrogens is 4. The zero-order valence-electron chi connectivity index (χ0n) is 18.5. The van der Waals surface area contributed by atoms with Crippen molar-refractivity contribution in [1.29, 1.82) is 0 Å². The molecule has 2 amide bonds. The number of benzene rings is 2. The molecule has 0 fully saturated rings. The SMILES string of the molecule is CCn1c(SCC(=O)Nc2nc3ccccc3s2)nnc1[C@H](C)NC(=O)c1ccc(C)cc1. The van der Waals surface area contributed by atoms with E-state index < -0.39 is 0 Å². The average Bonchev–Trinajstić information content (AvgIpc) is 3.41. The molecule has 0 aliphatic carbocycles. The molecule has 10 heteroatoms. The van der Waals surface area contributed by atoms with E-state index in [-0.39, 0.29) is 23.6 Å². The van der Waals surface area contributed by atoms with Gasteiger partial charge in [-0.05, 0) is 45.0 Å². The quantitative estimate of drug-likeness (QED) is 0.362. The fourth-order valence-electron chi connectivity index (χ4n) is 3.28. The maximum atomic E-state index is 12.6. The molecule has 0 saturated heterocycles. The Kier molecular flexibility index (Phi) is 7.05. The molecule has 2 N–H and O–H groups in total. The number of rotatable bonds is 8. The monoisotopic (exact) mass is 480 g/mol. The molecular weight excluding hydrogens is 456 g/mol. The van der Waals surface area contributed by atoms with E-state index in [1.807, 2.05) is 61.7 Å². The van der Waals surface area contributed by atoms with E-state index in [1.165, 1.54) is 23.1 Å². The first-order chi connectivity index (χ1) is 15.9. The van der Waals surface area contributed by atoms with Gasteiger partial charge in [0.1, 0.15) is 0 Å². The van der Waals surface area contributed by atoms with Crippen molar-refractivity contribution in [3.05, 3.63) is 65.5 Å². The molecule has 0 bridgehead atoms. The summed E-state index contributed by atoms with van der Waals surface area (Å²) in [6, 6.07) is 14.8. The Bertz CT molecular complexity index is 1250. The van der Waals surface area contributed by atoms with Gasteiger partial charge in [0.25, 0.3) is 5.91 Å². The molecule has 0 saturated carbocycles. The summed E-state index contributed by atoms with van der Waals surface area (Å²) in [4.78, 5) is 29.4. The summed E-state index contributed by atoms with van der Waals surface area (Å²) >= 11 is 2.74. The second-order valence-corrected chi connectivity index (χ2v) is 9.44. The number of aryl methyl sites for hydroxylation is 1. The third kappa shape index (κ3) is 5.40. The smallest absolute Gasteiger partial charge is 0.251 e. The van der Waals surface area contributed by atoms with E-state index in [4.69, 9.17) is 0 Å². The van der Waals surface area contributed by atoms with Crippen LogP contribution in [0.2, 0.25) is 0 Å². The van der Waals surface area contributed by atoms with Gasteiger partial charge in [0, 0.05) is 12.1 Å². The molecule has 0 radical (unpaired) electrons. The number of carbonyl (C=O) groups is 2. The Morgan fingerprint density at radius 3 is 2.61 bits per heavy atom. The number of nitrogens with zero attached hydrogens (tertiary/aromatic N) is 4. The second-order valence-electron chi connectivity index (χ2n) is 7.47. The normalized spacial score (nSPS) is 12.0. The lowest BCUT2D eigenvalue weighted by molar-refractivity contribution is -0.113. The molecule has 0 aliphatic heterocycles. The Hall–Kier alpha value is -3.24. The van der Waals surface area contributed by atoms with Crippen LogP contribution < -0.4 is 10.6 Å². The van der Waals surface area contributed by atoms with Crippen LogP contribution in [0.3, 0.4) is 0 Å². The van der Waals surface area contributed by atoms with Gasteiger partial charge in [-0.25, -0.2) is 4.98 Å². The molecule has 33 heavy (non-hydrogen) atoms. The predicted octanol–water partition coefficient (Wildman–Crippen LogP) is 4.44. The van der Waals surface area contributed by atoms with Crippen LogP contribution in [0.5, 0.6) is 0 Å². The molecule has 2 aromatic carbocycles. The average molecular weight is 481 g/mol. The van der Waals surface area contributed by atoms with Crippen molar-refractivity contribution in [2.24, 2.45) is 0 Å². The minimum absolute atomic E-state index is 0.160. The van der Waals surface area contributed by atoms with E-state index in [9.17, 15) is 9.59 Å². The molecule has 2 heterocycles. The first-order valence-electron chi connectivity index (χ1n) is 10.5. The molecule has 0 spiro atoms. The fourth-order valence-corrected chi connectivity index (χ4v) is 4.98. The van der Waals surface area contributed by atoms with Gasteiger partial charge in [0.05, 0.1) is 22.0 Å². The summed E-state index contributed by atoms with van der Waals surface area (Å²) in [6.45, 7) is 6.45. The molecule has 0 aliphatic rings. The Morgan fingerprint density at radius 1 is 1.12 bits per heavy atom. The number of amides is 2. The zero-order chi connectivity index (χ0) is 23.4. The molecule has 8 nitrogen and oxygen atoms in total. The molecule has 170 valence electrons. The van der Waals surface area contributed by atoms with Gasteiger partial charge in [0.2, 0.25) is 5.91 Å². The third-order valence-electron chi connectivity index (χ3n) is 4.98. The lowest BCUT2D eigenvalue weighted by Gasteiger charge is -2.15. The van der Waals surface area contributed by atoms with Crippen molar-refractivity contribution in [3.8, 4) is 0 Å². The van der Waals surface area contributed by atoms with Gasteiger partial charge in [-0.2, -0.15) is 0 Å². The van der Waals surface area contributed by atoms with Crippen LogP contribution >= 0.6 is 23.1 Å². The maximum absolute atomic E-state index is 12.6. The van der Waals surface area contributed by atoms with E-state index >= 15 is 0 Å². The van der Waals surface area contributed by atoms with E-state index in [0.29, 0.717) is 28.2 Å². The number of anilines is 1.